The molecule has 18 heavy (non-hydrogen) atoms. The summed E-state index contributed by atoms with van der Waals surface area (Å²) in [7, 11) is -2.97. The third-order valence-electron chi connectivity index (χ3n) is 3.94. The molecule has 3 aliphatic heterocycles. The van der Waals surface area contributed by atoms with Crippen LogP contribution in [-0.4, -0.2) is 51.7 Å². The molecule has 3 unspecified atom stereocenters. The molecule has 5 nitrogen and oxygen atoms in total. The van der Waals surface area contributed by atoms with Crippen LogP contribution in [0, 0.1) is 0 Å². The lowest BCUT2D eigenvalue weighted by Crippen LogP contribution is -2.50. The lowest BCUT2D eigenvalue weighted by molar-refractivity contribution is -0.0896. The van der Waals surface area contributed by atoms with Crippen LogP contribution in [0.3, 0.4) is 0 Å². The lowest BCUT2D eigenvalue weighted by atomic mass is 9.89. The topological polar surface area (TPSA) is 64.6 Å². The van der Waals surface area contributed by atoms with Crippen molar-refractivity contribution in [2.45, 2.75) is 36.9 Å². The molecule has 1 N–H and O–H groups in total. The zero-order chi connectivity index (χ0) is 12.6. The Morgan fingerprint density at radius 1 is 1.33 bits per heavy atom. The SMILES string of the molecule is O=S1(=O)C=CC(NC2CCOC3(CCOC3)C2)C1. The number of ether oxygens (including phenoxy) is 2. The molecule has 0 amide bonds. The van der Waals surface area contributed by atoms with Crippen molar-refractivity contribution in [3.8, 4) is 0 Å². The molecule has 0 aromatic carbocycles. The van der Waals surface area contributed by atoms with Gasteiger partial charge in [0.05, 0.1) is 18.0 Å². The Hall–Kier alpha value is -0.430. The summed E-state index contributed by atoms with van der Waals surface area (Å²) >= 11 is 0. The van der Waals surface area contributed by atoms with Crippen molar-refractivity contribution in [2.75, 3.05) is 25.6 Å². The van der Waals surface area contributed by atoms with Gasteiger partial charge in [0.25, 0.3) is 0 Å². The van der Waals surface area contributed by atoms with Gasteiger partial charge in [0.15, 0.2) is 9.84 Å². The zero-order valence-corrected chi connectivity index (χ0v) is 11.1. The van der Waals surface area contributed by atoms with Gasteiger partial charge in [-0.1, -0.05) is 6.08 Å². The second kappa shape index (κ2) is 4.59. The van der Waals surface area contributed by atoms with E-state index in [-0.39, 0.29) is 17.4 Å². The van der Waals surface area contributed by atoms with Gasteiger partial charge in [-0.2, -0.15) is 0 Å². The number of hydrogen-bond acceptors (Lipinski definition) is 5. The van der Waals surface area contributed by atoms with E-state index in [0.29, 0.717) is 12.6 Å². The highest BCUT2D eigenvalue weighted by atomic mass is 32.2. The van der Waals surface area contributed by atoms with Gasteiger partial charge in [0.1, 0.15) is 0 Å². The van der Waals surface area contributed by atoms with Crippen LogP contribution in [0.5, 0.6) is 0 Å². The first-order chi connectivity index (χ1) is 8.57. The third-order valence-corrected chi connectivity index (χ3v) is 5.34. The molecule has 0 radical (unpaired) electrons. The Kier molecular flexibility index (Phi) is 3.21. The molecule has 0 aromatic heterocycles. The minimum atomic E-state index is -2.97. The van der Waals surface area contributed by atoms with E-state index in [2.05, 4.69) is 5.32 Å². The average molecular weight is 273 g/mol. The third kappa shape index (κ3) is 2.61. The van der Waals surface area contributed by atoms with Crippen molar-refractivity contribution in [3.05, 3.63) is 11.5 Å². The van der Waals surface area contributed by atoms with Gasteiger partial charge in [-0.3, -0.25) is 0 Å². The molecular formula is C12H19NO4S. The van der Waals surface area contributed by atoms with Gasteiger partial charge in [-0.15, -0.1) is 0 Å². The smallest absolute Gasteiger partial charge is 0.173 e. The molecule has 3 aliphatic rings. The Bertz CT molecular complexity index is 439. The molecule has 102 valence electrons. The van der Waals surface area contributed by atoms with Crippen LogP contribution in [-0.2, 0) is 19.3 Å². The van der Waals surface area contributed by atoms with E-state index in [9.17, 15) is 8.42 Å². The number of sulfone groups is 1. The molecule has 0 bridgehead atoms. The summed E-state index contributed by atoms with van der Waals surface area (Å²) in [6.45, 7) is 2.17. The van der Waals surface area contributed by atoms with Crippen LogP contribution in [0.15, 0.2) is 11.5 Å². The summed E-state index contributed by atoms with van der Waals surface area (Å²) in [6, 6.07) is 0.279. The predicted molar refractivity (Wildman–Crippen MR) is 67.0 cm³/mol. The quantitative estimate of drug-likeness (QED) is 0.780. The molecule has 0 aromatic rings. The van der Waals surface area contributed by atoms with Crippen molar-refractivity contribution in [1.82, 2.24) is 5.32 Å². The fraction of sp³-hybridized carbons (Fsp3) is 0.833. The molecule has 3 heterocycles. The molecule has 3 rings (SSSR count). The van der Waals surface area contributed by atoms with Crippen LogP contribution in [0.4, 0.5) is 0 Å². The van der Waals surface area contributed by atoms with Crippen LogP contribution >= 0.6 is 0 Å². The van der Waals surface area contributed by atoms with Crippen LogP contribution < -0.4 is 5.32 Å². The maximum Gasteiger partial charge on any atom is 0.173 e. The summed E-state index contributed by atoms with van der Waals surface area (Å²) in [5.74, 6) is 0.188. The maximum atomic E-state index is 11.4. The second-order valence-corrected chi connectivity index (χ2v) is 7.39. The summed E-state index contributed by atoms with van der Waals surface area (Å²) in [5.41, 5.74) is -0.128. The Labute approximate surface area is 107 Å². The standard InChI is InChI=1S/C12H19NO4S/c14-18(15)6-2-11(8-18)13-10-1-4-17-12(7-10)3-5-16-9-12/h2,6,10-11,13H,1,3-5,7-9H2. The summed E-state index contributed by atoms with van der Waals surface area (Å²) in [4.78, 5) is 0. The molecule has 0 saturated carbocycles. The first kappa shape index (κ1) is 12.6. The average Bonchev–Trinajstić information content (AvgIpc) is 2.87. The van der Waals surface area contributed by atoms with Gasteiger partial charge < -0.3 is 14.8 Å². The van der Waals surface area contributed by atoms with E-state index in [1.54, 1.807) is 6.08 Å². The maximum absolute atomic E-state index is 11.4. The van der Waals surface area contributed by atoms with Crippen molar-refractivity contribution >= 4 is 9.84 Å². The fourth-order valence-electron chi connectivity index (χ4n) is 3.02. The summed E-state index contributed by atoms with van der Waals surface area (Å²) < 4.78 is 34.0. The van der Waals surface area contributed by atoms with Crippen molar-refractivity contribution in [2.24, 2.45) is 0 Å². The minimum Gasteiger partial charge on any atom is -0.378 e. The van der Waals surface area contributed by atoms with Gasteiger partial charge >= 0.3 is 0 Å². The Morgan fingerprint density at radius 2 is 2.22 bits per heavy atom. The van der Waals surface area contributed by atoms with Gasteiger partial charge in [-0.05, 0) is 12.8 Å². The van der Waals surface area contributed by atoms with Crippen LogP contribution in [0.1, 0.15) is 19.3 Å². The highest BCUT2D eigenvalue weighted by Gasteiger charge is 2.41. The van der Waals surface area contributed by atoms with Crippen molar-refractivity contribution in [3.63, 3.8) is 0 Å². The molecule has 2 saturated heterocycles. The molecule has 2 fully saturated rings. The predicted octanol–water partition coefficient (Wildman–Crippen LogP) is 0.225. The Balaban J connectivity index is 1.59. The van der Waals surface area contributed by atoms with Crippen molar-refractivity contribution in [1.29, 1.82) is 0 Å². The monoisotopic (exact) mass is 273 g/mol. The van der Waals surface area contributed by atoms with Gasteiger partial charge in [0, 0.05) is 37.1 Å². The molecule has 3 atom stereocenters. The summed E-state index contributed by atoms with van der Waals surface area (Å²) in [5, 5.41) is 4.74. The van der Waals surface area contributed by atoms with E-state index < -0.39 is 9.84 Å². The number of nitrogens with one attached hydrogen (secondary N) is 1. The minimum absolute atomic E-state index is 0.0440. The van der Waals surface area contributed by atoms with Crippen LogP contribution in [0.2, 0.25) is 0 Å². The molecule has 0 aliphatic carbocycles. The lowest BCUT2D eigenvalue weighted by Gasteiger charge is -2.38. The first-order valence-electron chi connectivity index (χ1n) is 6.46. The highest BCUT2D eigenvalue weighted by Crippen LogP contribution is 2.33. The normalized spacial score (nSPS) is 42.7. The first-order valence-corrected chi connectivity index (χ1v) is 8.17. The van der Waals surface area contributed by atoms with Crippen LogP contribution in [0.25, 0.3) is 0 Å². The van der Waals surface area contributed by atoms with E-state index >= 15 is 0 Å². The van der Waals surface area contributed by atoms with E-state index in [0.717, 1.165) is 32.5 Å². The fourth-order valence-corrected chi connectivity index (χ4v) is 4.26. The number of rotatable bonds is 2. The zero-order valence-electron chi connectivity index (χ0n) is 10.3. The largest absolute Gasteiger partial charge is 0.378 e. The van der Waals surface area contributed by atoms with Crippen molar-refractivity contribution < 1.29 is 17.9 Å². The van der Waals surface area contributed by atoms with Gasteiger partial charge in [0.2, 0.25) is 0 Å². The second-order valence-electron chi connectivity index (χ2n) is 5.46. The van der Waals surface area contributed by atoms with Gasteiger partial charge in [-0.25, -0.2) is 8.42 Å². The summed E-state index contributed by atoms with van der Waals surface area (Å²) in [6.07, 6.45) is 4.55. The molecular weight excluding hydrogens is 254 g/mol. The number of hydrogen-bond donors (Lipinski definition) is 1. The van der Waals surface area contributed by atoms with E-state index in [1.807, 2.05) is 0 Å². The Morgan fingerprint density at radius 3 is 2.89 bits per heavy atom. The van der Waals surface area contributed by atoms with E-state index in [1.165, 1.54) is 5.41 Å². The highest BCUT2D eigenvalue weighted by molar-refractivity contribution is 7.94. The molecule has 1 spiro atoms. The molecule has 6 heteroatoms. The van der Waals surface area contributed by atoms with E-state index in [4.69, 9.17) is 9.47 Å².